The third-order valence-electron chi connectivity index (χ3n) is 5.69. The number of rotatable bonds is 10. The maximum absolute atomic E-state index is 14.7. The summed E-state index contributed by atoms with van der Waals surface area (Å²) in [4.78, 5) is 0. The minimum Gasteiger partial charge on any atom is -0.484 e. The average molecular weight is 498 g/mol. The zero-order chi connectivity index (χ0) is 25.8. The Labute approximate surface area is 199 Å². The number of aryl methyl sites for hydroxylation is 2. The Morgan fingerprint density at radius 3 is 2.06 bits per heavy atom. The molecule has 3 aromatic carbocycles. The molecule has 0 aliphatic rings. The summed E-state index contributed by atoms with van der Waals surface area (Å²) in [5.41, 5.74) is -0.432. The van der Waals surface area contributed by atoms with Gasteiger partial charge in [-0.05, 0) is 48.1 Å². The Kier molecular flexibility index (Phi) is 8.46. The summed E-state index contributed by atoms with van der Waals surface area (Å²) in [6.07, 6.45) is 1.07. The van der Waals surface area contributed by atoms with E-state index in [2.05, 4.69) is 0 Å². The van der Waals surface area contributed by atoms with Crippen LogP contribution in [0.4, 0.5) is 30.7 Å². The van der Waals surface area contributed by atoms with Gasteiger partial charge in [-0.1, -0.05) is 50.6 Å². The Morgan fingerprint density at radius 2 is 1.40 bits per heavy atom. The summed E-state index contributed by atoms with van der Waals surface area (Å²) in [6, 6.07) is 8.05. The highest BCUT2D eigenvalue weighted by Gasteiger charge is 2.32. The molecule has 0 fully saturated rings. The molecule has 0 saturated carbocycles. The monoisotopic (exact) mass is 498 g/mol. The highest BCUT2D eigenvalue weighted by Crippen LogP contribution is 2.31. The Bertz CT molecular complexity index is 1190. The van der Waals surface area contributed by atoms with Crippen molar-refractivity contribution in [1.29, 1.82) is 0 Å². The number of ether oxygens (including phenoxy) is 1. The quantitative estimate of drug-likeness (QED) is 0.256. The van der Waals surface area contributed by atoms with Gasteiger partial charge in [-0.25, -0.2) is 26.3 Å². The topological polar surface area (TPSA) is 9.23 Å². The molecule has 0 atom stereocenters. The van der Waals surface area contributed by atoms with E-state index in [0.717, 1.165) is 24.6 Å². The molecule has 188 valence electrons. The van der Waals surface area contributed by atoms with Crippen molar-refractivity contribution in [2.75, 3.05) is 6.61 Å². The van der Waals surface area contributed by atoms with Gasteiger partial charge in [-0.15, -0.1) is 0 Å². The molecule has 8 heteroatoms. The van der Waals surface area contributed by atoms with E-state index in [1.807, 2.05) is 6.92 Å². The molecule has 0 spiro atoms. The SMILES string of the molecule is CCCCc1ccc(-c2ccc(CC(F)(F)COc3ccc(CC)c(F)c3F)cc2F)c(F)c1F. The van der Waals surface area contributed by atoms with Gasteiger partial charge in [0.05, 0.1) is 0 Å². The molecule has 0 heterocycles. The molecule has 0 radical (unpaired) electrons. The normalized spacial score (nSPS) is 11.7. The first kappa shape index (κ1) is 26.6. The molecule has 3 rings (SSSR count). The van der Waals surface area contributed by atoms with Gasteiger partial charge >= 0.3 is 0 Å². The van der Waals surface area contributed by atoms with Crippen LogP contribution in [0.2, 0.25) is 0 Å². The number of unbranched alkanes of at least 4 members (excludes halogenated alkanes) is 1. The first-order valence-electron chi connectivity index (χ1n) is 11.3. The van der Waals surface area contributed by atoms with Gasteiger partial charge in [0.2, 0.25) is 5.82 Å². The van der Waals surface area contributed by atoms with E-state index in [1.165, 1.54) is 24.3 Å². The van der Waals surface area contributed by atoms with Gasteiger partial charge in [-0.2, -0.15) is 4.39 Å². The van der Waals surface area contributed by atoms with Crippen LogP contribution < -0.4 is 4.74 Å². The fraction of sp³-hybridized carbons (Fsp3) is 0.333. The Morgan fingerprint density at radius 1 is 0.743 bits per heavy atom. The molecular formula is C27H25F7O. The van der Waals surface area contributed by atoms with Gasteiger partial charge in [0.15, 0.2) is 29.8 Å². The molecule has 0 saturated heterocycles. The molecule has 0 N–H and O–H groups in total. The van der Waals surface area contributed by atoms with Crippen molar-refractivity contribution in [3.63, 3.8) is 0 Å². The minimum atomic E-state index is -3.54. The second kappa shape index (κ2) is 11.1. The van der Waals surface area contributed by atoms with E-state index in [-0.39, 0.29) is 34.2 Å². The highest BCUT2D eigenvalue weighted by molar-refractivity contribution is 5.66. The summed E-state index contributed by atoms with van der Waals surface area (Å²) >= 11 is 0. The molecule has 0 aliphatic carbocycles. The molecule has 0 unspecified atom stereocenters. The second-order valence-corrected chi connectivity index (χ2v) is 8.34. The van der Waals surface area contributed by atoms with Crippen LogP contribution in [0.3, 0.4) is 0 Å². The van der Waals surface area contributed by atoms with Crippen molar-refractivity contribution in [3.05, 3.63) is 88.2 Å². The third kappa shape index (κ3) is 6.16. The molecule has 3 aromatic rings. The number of hydrogen-bond donors (Lipinski definition) is 0. The Balaban J connectivity index is 1.74. The number of halogens is 7. The maximum atomic E-state index is 14.7. The van der Waals surface area contributed by atoms with Gasteiger partial charge in [-0.3, -0.25) is 0 Å². The lowest BCUT2D eigenvalue weighted by molar-refractivity contribution is -0.0410. The first-order chi connectivity index (χ1) is 16.6. The second-order valence-electron chi connectivity index (χ2n) is 8.34. The van der Waals surface area contributed by atoms with Crippen molar-refractivity contribution in [1.82, 2.24) is 0 Å². The van der Waals surface area contributed by atoms with E-state index in [1.54, 1.807) is 6.92 Å². The average Bonchev–Trinajstić information content (AvgIpc) is 2.81. The number of alkyl halides is 2. The lowest BCUT2D eigenvalue weighted by atomic mass is 9.97. The van der Waals surface area contributed by atoms with E-state index in [0.29, 0.717) is 12.8 Å². The van der Waals surface area contributed by atoms with Crippen molar-refractivity contribution >= 4 is 0 Å². The molecule has 0 aliphatic heterocycles. The highest BCUT2D eigenvalue weighted by atomic mass is 19.3. The van der Waals surface area contributed by atoms with Crippen molar-refractivity contribution in [2.45, 2.75) is 51.9 Å². The van der Waals surface area contributed by atoms with E-state index in [9.17, 15) is 30.7 Å². The standard InChI is InChI=1S/C27H25F7O/c1-3-5-6-18-8-11-20(25(31)24(18)30)19-10-7-16(13-21(19)28)14-27(33,34)15-35-22-12-9-17(4-2)23(29)26(22)32/h7-13H,3-6,14-15H2,1-2H3. The van der Waals surface area contributed by atoms with Crippen LogP contribution >= 0.6 is 0 Å². The zero-order valence-electron chi connectivity index (χ0n) is 19.3. The van der Waals surface area contributed by atoms with Crippen molar-refractivity contribution in [2.24, 2.45) is 0 Å². The van der Waals surface area contributed by atoms with Gasteiger partial charge in [0, 0.05) is 17.5 Å². The van der Waals surface area contributed by atoms with Crippen LogP contribution in [0.1, 0.15) is 43.4 Å². The van der Waals surface area contributed by atoms with Crippen molar-refractivity contribution in [3.8, 4) is 16.9 Å². The smallest absolute Gasteiger partial charge is 0.285 e. The summed E-state index contributed by atoms with van der Waals surface area (Å²) in [5.74, 6) is -9.97. The number of benzene rings is 3. The lowest BCUT2D eigenvalue weighted by Crippen LogP contribution is -2.28. The van der Waals surface area contributed by atoms with E-state index >= 15 is 0 Å². The van der Waals surface area contributed by atoms with Crippen LogP contribution in [0.5, 0.6) is 5.75 Å². The molecule has 0 amide bonds. The molecule has 0 aromatic heterocycles. The maximum Gasteiger partial charge on any atom is 0.285 e. The number of hydrogen-bond acceptors (Lipinski definition) is 1. The van der Waals surface area contributed by atoms with Gasteiger partial charge < -0.3 is 4.74 Å². The fourth-order valence-corrected chi connectivity index (χ4v) is 3.73. The van der Waals surface area contributed by atoms with Crippen LogP contribution in [-0.2, 0) is 19.3 Å². The first-order valence-corrected chi connectivity index (χ1v) is 11.3. The summed E-state index contributed by atoms with van der Waals surface area (Å²) in [5, 5.41) is 0. The summed E-state index contributed by atoms with van der Waals surface area (Å²) < 4.78 is 105. The van der Waals surface area contributed by atoms with Crippen molar-refractivity contribution < 1.29 is 35.5 Å². The van der Waals surface area contributed by atoms with E-state index < -0.39 is 53.8 Å². The molecule has 0 bridgehead atoms. The van der Waals surface area contributed by atoms with E-state index in [4.69, 9.17) is 4.74 Å². The van der Waals surface area contributed by atoms with Gasteiger partial charge in [0.1, 0.15) is 5.82 Å². The summed E-state index contributed by atoms with van der Waals surface area (Å²) in [6.45, 7) is 2.26. The largest absolute Gasteiger partial charge is 0.484 e. The molecular weight excluding hydrogens is 473 g/mol. The molecule has 35 heavy (non-hydrogen) atoms. The third-order valence-corrected chi connectivity index (χ3v) is 5.69. The Hall–Kier alpha value is -3.03. The van der Waals surface area contributed by atoms with Crippen LogP contribution in [-0.4, -0.2) is 12.5 Å². The molecule has 1 nitrogen and oxygen atoms in total. The summed E-state index contributed by atoms with van der Waals surface area (Å²) in [7, 11) is 0. The minimum absolute atomic E-state index is 0.0871. The lowest BCUT2D eigenvalue weighted by Gasteiger charge is -2.18. The van der Waals surface area contributed by atoms with Crippen LogP contribution in [0, 0.1) is 29.1 Å². The predicted molar refractivity (Wildman–Crippen MR) is 120 cm³/mol. The fourth-order valence-electron chi connectivity index (χ4n) is 3.73. The van der Waals surface area contributed by atoms with Crippen LogP contribution in [0.25, 0.3) is 11.1 Å². The van der Waals surface area contributed by atoms with Crippen LogP contribution in [0.15, 0.2) is 42.5 Å². The zero-order valence-corrected chi connectivity index (χ0v) is 19.3. The predicted octanol–water partition coefficient (Wildman–Crippen LogP) is 8.21. The van der Waals surface area contributed by atoms with Gasteiger partial charge in [0.25, 0.3) is 5.92 Å².